The zero-order valence-electron chi connectivity index (χ0n) is 14.8. The number of rotatable bonds is 3. The van der Waals surface area contributed by atoms with E-state index in [1.807, 2.05) is 17.9 Å². The van der Waals surface area contributed by atoms with Crippen LogP contribution < -0.4 is 10.2 Å². The van der Waals surface area contributed by atoms with E-state index in [1.54, 1.807) is 12.1 Å². The van der Waals surface area contributed by atoms with Gasteiger partial charge in [0.15, 0.2) is 0 Å². The Bertz CT molecular complexity index is 580. The number of halogens is 1. The molecule has 5 nitrogen and oxygen atoms in total. The maximum atomic E-state index is 13.3. The van der Waals surface area contributed by atoms with E-state index in [0.29, 0.717) is 19.0 Å². The van der Waals surface area contributed by atoms with Crippen molar-refractivity contribution in [3.05, 3.63) is 30.1 Å². The number of nitrogens with one attached hydrogen (secondary N) is 1. The molecule has 2 aliphatic heterocycles. The molecule has 1 atom stereocenters. The van der Waals surface area contributed by atoms with E-state index in [1.165, 1.54) is 6.07 Å². The lowest BCUT2D eigenvalue weighted by Gasteiger charge is -2.37. The number of hydrogen-bond acceptors (Lipinski definition) is 3. The summed E-state index contributed by atoms with van der Waals surface area (Å²) >= 11 is 0. The van der Waals surface area contributed by atoms with Crippen LogP contribution in [0.25, 0.3) is 0 Å². The molecular weight excluding hydrogens is 321 g/mol. The second-order valence-corrected chi connectivity index (χ2v) is 7.26. The third kappa shape index (κ3) is 4.63. The molecule has 0 saturated carbocycles. The van der Waals surface area contributed by atoms with Gasteiger partial charge in [0.25, 0.3) is 0 Å². The molecule has 0 aliphatic carbocycles. The Labute approximate surface area is 148 Å². The highest BCUT2D eigenvalue weighted by Crippen LogP contribution is 2.22. The fourth-order valence-electron chi connectivity index (χ4n) is 3.81. The number of carbonyl (C=O) groups excluding carboxylic acids is 1. The third-order valence-electron chi connectivity index (χ3n) is 5.50. The summed E-state index contributed by atoms with van der Waals surface area (Å²) in [6.45, 7) is 4.89. The number of likely N-dealkylation sites (tertiary alicyclic amines) is 1. The summed E-state index contributed by atoms with van der Waals surface area (Å²) in [5.74, 6) is 0.0899. The number of carbonyl (C=O) groups is 1. The lowest BCUT2D eigenvalue weighted by Crippen LogP contribution is -2.51. The normalized spacial score (nSPS) is 21.2. The van der Waals surface area contributed by atoms with E-state index >= 15 is 0 Å². The SMILES string of the molecule is CC(O)C1CCN(C(=O)NC2CCN(c3cccc(F)c3)CC2)CC1. The number of aliphatic hydroxyl groups is 1. The summed E-state index contributed by atoms with van der Waals surface area (Å²) < 4.78 is 13.3. The molecule has 3 rings (SSSR count). The lowest BCUT2D eigenvalue weighted by molar-refractivity contribution is 0.0791. The van der Waals surface area contributed by atoms with Gasteiger partial charge in [-0.05, 0) is 56.7 Å². The second-order valence-electron chi connectivity index (χ2n) is 7.26. The first-order chi connectivity index (χ1) is 12.0. The predicted octanol–water partition coefficient (Wildman–Crippen LogP) is 2.60. The van der Waals surface area contributed by atoms with E-state index in [4.69, 9.17) is 0 Å². The van der Waals surface area contributed by atoms with Crippen LogP contribution in [0, 0.1) is 11.7 Å². The van der Waals surface area contributed by atoms with Gasteiger partial charge in [0.2, 0.25) is 0 Å². The van der Waals surface area contributed by atoms with Crippen molar-refractivity contribution < 1.29 is 14.3 Å². The smallest absolute Gasteiger partial charge is 0.317 e. The summed E-state index contributed by atoms with van der Waals surface area (Å²) in [6.07, 6.45) is 3.17. The molecule has 138 valence electrons. The van der Waals surface area contributed by atoms with Crippen molar-refractivity contribution in [1.82, 2.24) is 10.2 Å². The Balaban J connectivity index is 1.44. The third-order valence-corrected chi connectivity index (χ3v) is 5.50. The molecule has 2 amide bonds. The van der Waals surface area contributed by atoms with Gasteiger partial charge in [-0.2, -0.15) is 0 Å². The highest BCUT2D eigenvalue weighted by atomic mass is 19.1. The van der Waals surface area contributed by atoms with Crippen molar-refractivity contribution >= 4 is 11.7 Å². The number of aliphatic hydroxyl groups excluding tert-OH is 1. The van der Waals surface area contributed by atoms with Crippen LogP contribution in [0.2, 0.25) is 0 Å². The van der Waals surface area contributed by atoms with Crippen LogP contribution in [0.3, 0.4) is 0 Å². The molecule has 2 saturated heterocycles. The minimum atomic E-state index is -0.294. The van der Waals surface area contributed by atoms with Crippen molar-refractivity contribution in [3.63, 3.8) is 0 Å². The summed E-state index contributed by atoms with van der Waals surface area (Å²) in [6, 6.07) is 6.85. The molecule has 2 fully saturated rings. The van der Waals surface area contributed by atoms with E-state index in [-0.39, 0.29) is 24.0 Å². The summed E-state index contributed by atoms with van der Waals surface area (Å²) in [4.78, 5) is 16.5. The van der Waals surface area contributed by atoms with Gasteiger partial charge in [0.05, 0.1) is 6.10 Å². The molecular formula is C19H28FN3O2. The number of amides is 2. The van der Waals surface area contributed by atoms with Gasteiger partial charge in [-0.15, -0.1) is 0 Å². The number of benzene rings is 1. The Morgan fingerprint density at radius 1 is 1.20 bits per heavy atom. The average molecular weight is 349 g/mol. The zero-order valence-corrected chi connectivity index (χ0v) is 14.8. The topological polar surface area (TPSA) is 55.8 Å². The van der Waals surface area contributed by atoms with Gasteiger partial charge in [-0.25, -0.2) is 9.18 Å². The highest BCUT2D eigenvalue weighted by Gasteiger charge is 2.27. The molecule has 1 unspecified atom stereocenters. The molecule has 2 heterocycles. The van der Waals surface area contributed by atoms with Crippen molar-refractivity contribution in [2.24, 2.45) is 5.92 Å². The average Bonchev–Trinajstić information content (AvgIpc) is 2.62. The Hall–Kier alpha value is -1.82. The fraction of sp³-hybridized carbons (Fsp3) is 0.632. The van der Waals surface area contributed by atoms with Crippen LogP contribution in [0.4, 0.5) is 14.9 Å². The van der Waals surface area contributed by atoms with Gasteiger partial charge >= 0.3 is 6.03 Å². The maximum Gasteiger partial charge on any atom is 0.317 e. The number of anilines is 1. The molecule has 0 aromatic heterocycles. The van der Waals surface area contributed by atoms with E-state index in [0.717, 1.165) is 44.5 Å². The van der Waals surface area contributed by atoms with Crippen LogP contribution in [0.5, 0.6) is 0 Å². The van der Waals surface area contributed by atoms with Crippen LogP contribution in [0.15, 0.2) is 24.3 Å². The second kappa shape index (κ2) is 8.04. The lowest BCUT2D eigenvalue weighted by atomic mass is 9.92. The molecule has 2 N–H and O–H groups in total. The summed E-state index contributed by atoms with van der Waals surface area (Å²) in [5, 5.41) is 12.8. The summed E-state index contributed by atoms with van der Waals surface area (Å²) in [7, 11) is 0. The van der Waals surface area contributed by atoms with Crippen LogP contribution in [-0.2, 0) is 0 Å². The van der Waals surface area contributed by atoms with Crippen molar-refractivity contribution in [2.75, 3.05) is 31.1 Å². The first-order valence-corrected chi connectivity index (χ1v) is 9.27. The van der Waals surface area contributed by atoms with Crippen LogP contribution >= 0.6 is 0 Å². The number of nitrogens with zero attached hydrogens (tertiary/aromatic N) is 2. The van der Waals surface area contributed by atoms with Crippen LogP contribution in [-0.4, -0.2) is 54.4 Å². The molecule has 0 radical (unpaired) electrons. The minimum absolute atomic E-state index is 0.00764. The first-order valence-electron chi connectivity index (χ1n) is 9.27. The number of piperidine rings is 2. The molecule has 2 aliphatic rings. The van der Waals surface area contributed by atoms with Gasteiger partial charge < -0.3 is 20.2 Å². The van der Waals surface area contributed by atoms with Crippen molar-refractivity contribution in [2.45, 2.75) is 44.8 Å². The largest absolute Gasteiger partial charge is 0.393 e. The number of hydrogen-bond donors (Lipinski definition) is 2. The standard InChI is InChI=1S/C19H28FN3O2/c1-14(24)15-5-9-23(10-6-15)19(25)21-17-7-11-22(12-8-17)18-4-2-3-16(20)13-18/h2-4,13-15,17,24H,5-12H2,1H3,(H,21,25). The Kier molecular flexibility index (Phi) is 5.78. The van der Waals surface area contributed by atoms with Crippen LogP contribution in [0.1, 0.15) is 32.6 Å². The van der Waals surface area contributed by atoms with Gasteiger partial charge in [-0.3, -0.25) is 0 Å². The van der Waals surface area contributed by atoms with E-state index < -0.39 is 0 Å². The van der Waals surface area contributed by atoms with Crippen molar-refractivity contribution in [1.29, 1.82) is 0 Å². The summed E-state index contributed by atoms with van der Waals surface area (Å²) in [5.41, 5.74) is 0.907. The van der Waals surface area contributed by atoms with E-state index in [2.05, 4.69) is 10.2 Å². The molecule has 6 heteroatoms. The molecule has 25 heavy (non-hydrogen) atoms. The number of urea groups is 1. The molecule has 0 bridgehead atoms. The monoisotopic (exact) mass is 349 g/mol. The fourth-order valence-corrected chi connectivity index (χ4v) is 3.81. The van der Waals surface area contributed by atoms with Gasteiger partial charge in [-0.1, -0.05) is 6.07 Å². The molecule has 1 aromatic rings. The predicted molar refractivity (Wildman–Crippen MR) is 96.1 cm³/mol. The Morgan fingerprint density at radius 2 is 1.88 bits per heavy atom. The highest BCUT2D eigenvalue weighted by molar-refractivity contribution is 5.74. The van der Waals surface area contributed by atoms with Gasteiger partial charge in [0.1, 0.15) is 5.82 Å². The van der Waals surface area contributed by atoms with E-state index in [9.17, 15) is 14.3 Å². The van der Waals surface area contributed by atoms with Crippen molar-refractivity contribution in [3.8, 4) is 0 Å². The quantitative estimate of drug-likeness (QED) is 0.882. The molecule has 0 spiro atoms. The molecule has 1 aromatic carbocycles. The minimum Gasteiger partial charge on any atom is -0.393 e. The maximum absolute atomic E-state index is 13.3. The van der Waals surface area contributed by atoms with Gasteiger partial charge in [0, 0.05) is 37.9 Å². The zero-order chi connectivity index (χ0) is 17.8. The Morgan fingerprint density at radius 3 is 2.48 bits per heavy atom. The first kappa shape index (κ1) is 18.0.